The van der Waals surface area contributed by atoms with Crippen LogP contribution in [0.1, 0.15) is 19.8 Å². The third kappa shape index (κ3) is 3.88. The molecule has 7 heteroatoms. The number of anilines is 2. The Balaban J connectivity index is 2.18. The molecule has 0 saturated carbocycles. The zero-order valence-corrected chi connectivity index (χ0v) is 14.4. The molecule has 126 valence electrons. The summed E-state index contributed by atoms with van der Waals surface area (Å²) in [5, 5.41) is 3.47. The fourth-order valence-electron chi connectivity index (χ4n) is 2.88. The van der Waals surface area contributed by atoms with E-state index in [-0.39, 0.29) is 23.9 Å². The molecule has 6 nitrogen and oxygen atoms in total. The second kappa shape index (κ2) is 7.08. The van der Waals surface area contributed by atoms with Crippen molar-refractivity contribution in [3.05, 3.63) is 23.2 Å². The summed E-state index contributed by atoms with van der Waals surface area (Å²) in [7, 11) is 3.73. The molecule has 2 atom stereocenters. The topological polar surface area (TPSA) is 78.7 Å². The number of nitrogens with two attached hydrogens (primary N) is 1. The quantitative estimate of drug-likeness (QED) is 0.888. The van der Waals surface area contributed by atoms with Gasteiger partial charge in [-0.1, -0.05) is 17.7 Å². The van der Waals surface area contributed by atoms with E-state index in [2.05, 4.69) is 5.32 Å². The summed E-state index contributed by atoms with van der Waals surface area (Å²) in [5.41, 5.74) is 6.78. The largest absolute Gasteiger partial charge is 0.375 e. The van der Waals surface area contributed by atoms with Gasteiger partial charge < -0.3 is 20.9 Å². The highest BCUT2D eigenvalue weighted by Gasteiger charge is 2.32. The van der Waals surface area contributed by atoms with Crippen molar-refractivity contribution in [1.82, 2.24) is 4.90 Å². The van der Waals surface area contributed by atoms with Crippen LogP contribution in [0.3, 0.4) is 0 Å². The smallest absolute Gasteiger partial charge is 0.322 e. The minimum absolute atomic E-state index is 0.0626. The molecule has 1 aliphatic heterocycles. The number of nitrogens with one attached hydrogen (secondary N) is 1. The molecule has 2 rings (SSSR count). The van der Waals surface area contributed by atoms with Gasteiger partial charge in [0.25, 0.3) is 0 Å². The number of carbonyl (C=O) groups is 2. The number of likely N-dealkylation sites (tertiary alicyclic amines) is 1. The van der Waals surface area contributed by atoms with Crippen LogP contribution in [-0.4, -0.2) is 43.5 Å². The van der Waals surface area contributed by atoms with Crippen LogP contribution in [0.4, 0.5) is 16.2 Å². The van der Waals surface area contributed by atoms with E-state index in [4.69, 9.17) is 17.3 Å². The number of urea groups is 1. The van der Waals surface area contributed by atoms with E-state index < -0.39 is 0 Å². The number of para-hydroxylation sites is 1. The minimum atomic E-state index is -0.355. The Bertz CT molecular complexity index is 606. The average Bonchev–Trinajstić information content (AvgIpc) is 2.46. The number of halogens is 1. The van der Waals surface area contributed by atoms with Gasteiger partial charge in [-0.05, 0) is 31.9 Å². The van der Waals surface area contributed by atoms with Crippen molar-refractivity contribution in [3.8, 4) is 0 Å². The monoisotopic (exact) mass is 338 g/mol. The van der Waals surface area contributed by atoms with E-state index in [1.54, 1.807) is 23.1 Å². The van der Waals surface area contributed by atoms with Crippen molar-refractivity contribution in [2.24, 2.45) is 11.7 Å². The SMILES string of the molecule is CC1CCC(C(N)=O)CN1C(=O)Nc1cccc(Cl)c1N(C)C. The fraction of sp³-hybridized carbons (Fsp3) is 0.500. The van der Waals surface area contributed by atoms with Crippen LogP contribution in [0.5, 0.6) is 0 Å². The molecule has 0 radical (unpaired) electrons. The van der Waals surface area contributed by atoms with Crippen molar-refractivity contribution >= 4 is 34.9 Å². The Morgan fingerprint density at radius 2 is 2.04 bits per heavy atom. The molecule has 2 unspecified atom stereocenters. The Hall–Kier alpha value is -1.95. The lowest BCUT2D eigenvalue weighted by Crippen LogP contribution is -2.50. The summed E-state index contributed by atoms with van der Waals surface area (Å²) >= 11 is 6.22. The number of hydrogen-bond donors (Lipinski definition) is 2. The molecule has 0 spiro atoms. The van der Waals surface area contributed by atoms with Gasteiger partial charge in [0, 0.05) is 26.7 Å². The molecular weight excluding hydrogens is 316 g/mol. The Morgan fingerprint density at radius 3 is 2.65 bits per heavy atom. The van der Waals surface area contributed by atoms with Crippen molar-refractivity contribution in [2.45, 2.75) is 25.8 Å². The first kappa shape index (κ1) is 17.4. The lowest BCUT2D eigenvalue weighted by atomic mass is 9.93. The van der Waals surface area contributed by atoms with Gasteiger partial charge in [-0.3, -0.25) is 4.79 Å². The van der Waals surface area contributed by atoms with Crippen LogP contribution in [0.25, 0.3) is 0 Å². The second-order valence-corrected chi connectivity index (χ2v) is 6.55. The number of nitrogens with zero attached hydrogens (tertiary/aromatic N) is 2. The van der Waals surface area contributed by atoms with Crippen LogP contribution >= 0.6 is 11.6 Å². The molecule has 1 aromatic carbocycles. The van der Waals surface area contributed by atoms with Gasteiger partial charge in [0.2, 0.25) is 5.91 Å². The first-order chi connectivity index (χ1) is 10.8. The molecule has 1 fully saturated rings. The predicted octanol–water partition coefficient (Wildman–Crippen LogP) is 2.52. The molecule has 1 aliphatic rings. The molecule has 23 heavy (non-hydrogen) atoms. The average molecular weight is 339 g/mol. The molecule has 0 bridgehead atoms. The number of piperidine rings is 1. The van der Waals surface area contributed by atoms with Gasteiger partial charge in [0.15, 0.2) is 0 Å². The number of carbonyl (C=O) groups excluding carboxylic acids is 2. The van der Waals surface area contributed by atoms with E-state index in [0.29, 0.717) is 17.3 Å². The summed E-state index contributed by atoms with van der Waals surface area (Å²) in [5.74, 6) is -0.643. The van der Waals surface area contributed by atoms with E-state index in [1.807, 2.05) is 25.9 Å². The fourth-order valence-corrected chi connectivity index (χ4v) is 3.22. The molecule has 1 aromatic rings. The maximum atomic E-state index is 12.6. The Labute approximate surface area is 141 Å². The minimum Gasteiger partial charge on any atom is -0.375 e. The Morgan fingerprint density at radius 1 is 1.35 bits per heavy atom. The maximum absolute atomic E-state index is 12.6. The van der Waals surface area contributed by atoms with E-state index >= 15 is 0 Å². The maximum Gasteiger partial charge on any atom is 0.322 e. The van der Waals surface area contributed by atoms with Crippen LogP contribution in [0.2, 0.25) is 5.02 Å². The van der Waals surface area contributed by atoms with Crippen molar-refractivity contribution in [3.63, 3.8) is 0 Å². The third-order valence-corrected chi connectivity index (χ3v) is 4.53. The van der Waals surface area contributed by atoms with Gasteiger partial charge >= 0.3 is 6.03 Å². The highest BCUT2D eigenvalue weighted by atomic mass is 35.5. The molecule has 0 aliphatic carbocycles. The number of benzene rings is 1. The number of amides is 3. The van der Waals surface area contributed by atoms with Crippen molar-refractivity contribution in [1.29, 1.82) is 0 Å². The molecule has 3 amide bonds. The molecular formula is C16H23ClN4O2. The van der Waals surface area contributed by atoms with Gasteiger partial charge in [-0.25, -0.2) is 4.79 Å². The van der Waals surface area contributed by atoms with Crippen molar-refractivity contribution < 1.29 is 9.59 Å². The molecule has 1 saturated heterocycles. The van der Waals surface area contributed by atoms with E-state index in [1.165, 1.54) is 0 Å². The van der Waals surface area contributed by atoms with E-state index in [9.17, 15) is 9.59 Å². The lowest BCUT2D eigenvalue weighted by Gasteiger charge is -2.37. The number of rotatable bonds is 3. The van der Waals surface area contributed by atoms with Gasteiger partial charge in [0.05, 0.1) is 22.3 Å². The van der Waals surface area contributed by atoms with Crippen LogP contribution in [-0.2, 0) is 4.79 Å². The van der Waals surface area contributed by atoms with Crippen LogP contribution in [0, 0.1) is 5.92 Å². The zero-order chi connectivity index (χ0) is 17.1. The normalized spacial score (nSPS) is 21.0. The van der Waals surface area contributed by atoms with Crippen LogP contribution < -0.4 is 16.0 Å². The molecule has 1 heterocycles. The summed E-state index contributed by atoms with van der Waals surface area (Å²) in [6, 6.07) is 5.19. The second-order valence-electron chi connectivity index (χ2n) is 6.14. The summed E-state index contributed by atoms with van der Waals surface area (Å²) < 4.78 is 0. The number of primary amides is 1. The first-order valence-electron chi connectivity index (χ1n) is 7.64. The highest BCUT2D eigenvalue weighted by Crippen LogP contribution is 2.33. The lowest BCUT2D eigenvalue weighted by molar-refractivity contribution is -0.123. The predicted molar refractivity (Wildman–Crippen MR) is 92.9 cm³/mol. The molecule has 0 aromatic heterocycles. The van der Waals surface area contributed by atoms with Gasteiger partial charge in [-0.2, -0.15) is 0 Å². The van der Waals surface area contributed by atoms with Gasteiger partial charge in [0.1, 0.15) is 0 Å². The molecule has 3 N–H and O–H groups in total. The van der Waals surface area contributed by atoms with E-state index in [0.717, 1.165) is 18.5 Å². The first-order valence-corrected chi connectivity index (χ1v) is 8.01. The van der Waals surface area contributed by atoms with Crippen molar-refractivity contribution in [2.75, 3.05) is 30.9 Å². The zero-order valence-electron chi connectivity index (χ0n) is 13.7. The van der Waals surface area contributed by atoms with Crippen LogP contribution in [0.15, 0.2) is 18.2 Å². The highest BCUT2D eigenvalue weighted by molar-refractivity contribution is 6.34. The van der Waals surface area contributed by atoms with Gasteiger partial charge in [-0.15, -0.1) is 0 Å². The summed E-state index contributed by atoms with van der Waals surface area (Å²) in [4.78, 5) is 27.6. The standard InChI is InChI=1S/C16H23ClN4O2/c1-10-7-8-11(15(18)22)9-21(10)16(23)19-13-6-4-5-12(17)14(13)20(2)3/h4-6,10-11H,7-9H2,1-3H3,(H2,18,22)(H,19,23). The Kier molecular flexibility index (Phi) is 5.36. The summed E-state index contributed by atoms with van der Waals surface area (Å²) in [6.07, 6.45) is 1.48. The third-order valence-electron chi connectivity index (χ3n) is 4.22. The summed E-state index contributed by atoms with van der Waals surface area (Å²) in [6.45, 7) is 2.32. The number of hydrogen-bond acceptors (Lipinski definition) is 3.